The molecule has 0 saturated heterocycles. The van der Waals surface area contributed by atoms with Gasteiger partial charge in [-0.2, -0.15) is 0 Å². The lowest BCUT2D eigenvalue weighted by molar-refractivity contribution is -0.141. The first-order chi connectivity index (χ1) is 10.2. The van der Waals surface area contributed by atoms with Crippen LogP contribution in [0.25, 0.3) is 0 Å². The van der Waals surface area contributed by atoms with E-state index in [9.17, 15) is 18.4 Å². The Morgan fingerprint density at radius 3 is 2.36 bits per heavy atom. The maximum absolute atomic E-state index is 12.8. The molecule has 0 aliphatic carbocycles. The van der Waals surface area contributed by atoms with Gasteiger partial charge in [0.1, 0.15) is 12.6 Å². The van der Waals surface area contributed by atoms with E-state index in [1.54, 1.807) is 30.3 Å². The third kappa shape index (κ3) is 5.67. The zero-order valence-electron chi connectivity index (χ0n) is 12.4. The molecule has 0 aliphatic rings. The molecular formula is C15H19F2NO4. The molecule has 2 N–H and O–H groups in total. The monoisotopic (exact) mass is 315 g/mol. The summed E-state index contributed by atoms with van der Waals surface area (Å²) in [5, 5.41) is 11.1. The molecule has 0 radical (unpaired) electrons. The van der Waals surface area contributed by atoms with Crippen LogP contribution < -0.4 is 5.32 Å². The lowest BCUT2D eigenvalue weighted by Crippen LogP contribution is -2.45. The number of alkyl carbamates (subject to hydrolysis) is 1. The maximum atomic E-state index is 12.8. The van der Waals surface area contributed by atoms with Gasteiger partial charge in [0.25, 0.3) is 0 Å². The van der Waals surface area contributed by atoms with Gasteiger partial charge < -0.3 is 15.2 Å². The largest absolute Gasteiger partial charge is 0.480 e. The minimum Gasteiger partial charge on any atom is -0.480 e. The van der Waals surface area contributed by atoms with Crippen molar-refractivity contribution in [2.24, 2.45) is 5.41 Å². The molecule has 0 unspecified atom stereocenters. The Morgan fingerprint density at radius 1 is 1.27 bits per heavy atom. The number of hydrogen-bond acceptors (Lipinski definition) is 3. The predicted molar refractivity (Wildman–Crippen MR) is 75.6 cm³/mol. The average molecular weight is 315 g/mol. The van der Waals surface area contributed by atoms with Crippen molar-refractivity contribution >= 4 is 12.1 Å². The molecule has 22 heavy (non-hydrogen) atoms. The second-order valence-corrected chi connectivity index (χ2v) is 5.59. The summed E-state index contributed by atoms with van der Waals surface area (Å²) >= 11 is 0. The van der Waals surface area contributed by atoms with E-state index in [0.717, 1.165) is 5.56 Å². The number of halogens is 2. The third-order valence-corrected chi connectivity index (χ3v) is 3.12. The molecule has 0 aliphatic heterocycles. The van der Waals surface area contributed by atoms with E-state index in [1.165, 1.54) is 13.8 Å². The molecular weight excluding hydrogens is 296 g/mol. The highest BCUT2D eigenvalue weighted by Crippen LogP contribution is 2.30. The van der Waals surface area contributed by atoms with E-state index in [0.29, 0.717) is 0 Å². The Bertz CT molecular complexity index is 506. The molecule has 0 saturated carbocycles. The number of amides is 1. The molecule has 1 rings (SSSR count). The summed E-state index contributed by atoms with van der Waals surface area (Å²) in [6.45, 7) is 2.45. The van der Waals surface area contributed by atoms with Gasteiger partial charge in [0.05, 0.1) is 0 Å². The van der Waals surface area contributed by atoms with Gasteiger partial charge in [-0.25, -0.2) is 18.4 Å². The van der Waals surface area contributed by atoms with Crippen LogP contribution in [0, 0.1) is 5.41 Å². The van der Waals surface area contributed by atoms with Crippen LogP contribution in [0.4, 0.5) is 13.6 Å². The lowest BCUT2D eigenvalue weighted by atomic mass is 9.86. The van der Waals surface area contributed by atoms with E-state index in [-0.39, 0.29) is 6.61 Å². The number of benzene rings is 1. The van der Waals surface area contributed by atoms with E-state index < -0.39 is 36.4 Å². The van der Waals surface area contributed by atoms with Crippen LogP contribution >= 0.6 is 0 Å². The van der Waals surface area contributed by atoms with Gasteiger partial charge in [-0.3, -0.25) is 0 Å². The van der Waals surface area contributed by atoms with Crippen molar-refractivity contribution in [2.45, 2.75) is 39.3 Å². The van der Waals surface area contributed by atoms with E-state index in [1.807, 2.05) is 0 Å². The fourth-order valence-corrected chi connectivity index (χ4v) is 1.72. The summed E-state index contributed by atoms with van der Waals surface area (Å²) in [7, 11) is 0. The average Bonchev–Trinajstić information content (AvgIpc) is 2.45. The number of ether oxygens (including phenoxy) is 1. The predicted octanol–water partition coefficient (Wildman–Crippen LogP) is 3.05. The number of aliphatic carboxylic acids is 1. The molecule has 0 bridgehead atoms. The van der Waals surface area contributed by atoms with Crippen LogP contribution in [0.15, 0.2) is 30.3 Å². The minimum absolute atomic E-state index is 0.0305. The SMILES string of the molecule is CC(C)(C[C@@H](NC(=O)OCc1ccccc1)C(=O)O)C(F)F. The van der Waals surface area contributed by atoms with E-state index in [2.05, 4.69) is 5.32 Å². The highest BCUT2D eigenvalue weighted by molar-refractivity contribution is 5.79. The Balaban J connectivity index is 2.56. The van der Waals surface area contributed by atoms with Crippen molar-refractivity contribution in [2.75, 3.05) is 0 Å². The normalized spacial score (nSPS) is 12.8. The van der Waals surface area contributed by atoms with E-state index >= 15 is 0 Å². The number of alkyl halides is 2. The summed E-state index contributed by atoms with van der Waals surface area (Å²) in [6, 6.07) is 7.37. The molecule has 1 amide bonds. The van der Waals surface area contributed by atoms with Gasteiger partial charge in [-0.15, -0.1) is 0 Å². The van der Waals surface area contributed by atoms with Crippen LogP contribution in [0.2, 0.25) is 0 Å². The number of carbonyl (C=O) groups excluding carboxylic acids is 1. The number of carboxylic acids is 1. The number of carbonyl (C=O) groups is 2. The lowest BCUT2D eigenvalue weighted by Gasteiger charge is -2.27. The van der Waals surface area contributed by atoms with Crippen LogP contribution in [-0.2, 0) is 16.1 Å². The molecule has 1 aromatic rings. The quantitative estimate of drug-likeness (QED) is 0.811. The Hall–Kier alpha value is -2.18. The van der Waals surface area contributed by atoms with Crippen molar-refractivity contribution < 1.29 is 28.2 Å². The van der Waals surface area contributed by atoms with Gasteiger partial charge in [0, 0.05) is 5.41 Å². The van der Waals surface area contributed by atoms with Crippen molar-refractivity contribution in [3.63, 3.8) is 0 Å². The fourth-order valence-electron chi connectivity index (χ4n) is 1.72. The van der Waals surface area contributed by atoms with Crippen LogP contribution in [0.1, 0.15) is 25.8 Å². The topological polar surface area (TPSA) is 75.6 Å². The summed E-state index contributed by atoms with van der Waals surface area (Å²) < 4.78 is 30.5. The number of rotatable bonds is 7. The molecule has 122 valence electrons. The van der Waals surface area contributed by atoms with Gasteiger partial charge in [0.15, 0.2) is 0 Å². The van der Waals surface area contributed by atoms with Gasteiger partial charge in [-0.1, -0.05) is 44.2 Å². The first-order valence-corrected chi connectivity index (χ1v) is 6.70. The van der Waals surface area contributed by atoms with Crippen molar-refractivity contribution in [1.29, 1.82) is 0 Å². The molecule has 1 atom stereocenters. The van der Waals surface area contributed by atoms with Crippen molar-refractivity contribution in [3.05, 3.63) is 35.9 Å². The second-order valence-electron chi connectivity index (χ2n) is 5.59. The Kier molecular flexibility index (Phi) is 6.27. The molecule has 0 aromatic heterocycles. The molecule has 1 aromatic carbocycles. The number of hydrogen-bond donors (Lipinski definition) is 2. The fraction of sp³-hybridized carbons (Fsp3) is 0.467. The molecule has 0 spiro atoms. The first kappa shape index (κ1) is 17.9. The highest BCUT2D eigenvalue weighted by atomic mass is 19.3. The maximum Gasteiger partial charge on any atom is 0.408 e. The summed E-state index contributed by atoms with van der Waals surface area (Å²) in [5.74, 6) is -1.38. The molecule has 7 heteroatoms. The molecule has 0 heterocycles. The highest BCUT2D eigenvalue weighted by Gasteiger charge is 2.36. The first-order valence-electron chi connectivity index (χ1n) is 6.70. The zero-order valence-corrected chi connectivity index (χ0v) is 12.4. The van der Waals surface area contributed by atoms with Crippen LogP contribution in [-0.4, -0.2) is 29.6 Å². The molecule has 0 fully saturated rings. The van der Waals surface area contributed by atoms with E-state index in [4.69, 9.17) is 9.84 Å². The summed E-state index contributed by atoms with van der Waals surface area (Å²) in [6.07, 6.45) is -4.06. The van der Waals surface area contributed by atoms with Gasteiger partial charge in [0.2, 0.25) is 6.43 Å². The summed E-state index contributed by atoms with van der Waals surface area (Å²) in [4.78, 5) is 22.7. The number of carboxylic acid groups (broad SMARTS) is 1. The third-order valence-electron chi connectivity index (χ3n) is 3.12. The standard InChI is InChI=1S/C15H19F2NO4/c1-15(2,13(16)17)8-11(12(19)20)18-14(21)22-9-10-6-4-3-5-7-10/h3-7,11,13H,8-9H2,1-2H3,(H,18,21)(H,19,20)/t11-/m1/s1. The van der Waals surface area contributed by atoms with Crippen molar-refractivity contribution in [1.82, 2.24) is 5.32 Å². The van der Waals surface area contributed by atoms with Crippen LogP contribution in [0.5, 0.6) is 0 Å². The summed E-state index contributed by atoms with van der Waals surface area (Å²) in [5.41, 5.74) is -0.798. The minimum atomic E-state index is -2.70. The number of nitrogens with one attached hydrogen (secondary N) is 1. The van der Waals surface area contributed by atoms with Gasteiger partial charge >= 0.3 is 12.1 Å². The molecule has 5 nitrogen and oxygen atoms in total. The van der Waals surface area contributed by atoms with Crippen molar-refractivity contribution in [3.8, 4) is 0 Å². The smallest absolute Gasteiger partial charge is 0.408 e. The zero-order chi connectivity index (χ0) is 16.8. The Labute approximate surface area is 127 Å². The van der Waals surface area contributed by atoms with Gasteiger partial charge in [-0.05, 0) is 12.0 Å². The van der Waals surface area contributed by atoms with Crippen LogP contribution in [0.3, 0.4) is 0 Å². The Morgan fingerprint density at radius 2 is 1.86 bits per heavy atom. The second kappa shape index (κ2) is 7.72.